The number of benzene rings is 2. The summed E-state index contributed by atoms with van der Waals surface area (Å²) in [6.07, 6.45) is 11.2. The molecule has 0 fully saturated rings. The first-order chi connectivity index (χ1) is 10.4. The SMILES string of the molecule is CCCCCCCCCc1c(C=O)ccc2ccccc12. The maximum absolute atomic E-state index is 11.3. The van der Waals surface area contributed by atoms with E-state index in [1.807, 2.05) is 12.1 Å². The van der Waals surface area contributed by atoms with Gasteiger partial charge in [-0.2, -0.15) is 0 Å². The van der Waals surface area contributed by atoms with Gasteiger partial charge in [-0.15, -0.1) is 0 Å². The predicted molar refractivity (Wildman–Crippen MR) is 91.0 cm³/mol. The highest BCUT2D eigenvalue weighted by atomic mass is 16.1. The van der Waals surface area contributed by atoms with Crippen LogP contribution in [0.5, 0.6) is 0 Å². The van der Waals surface area contributed by atoms with Crippen LogP contribution in [0.4, 0.5) is 0 Å². The Morgan fingerprint density at radius 2 is 1.57 bits per heavy atom. The molecule has 2 aromatic rings. The molecular formula is C20H26O. The molecule has 0 heterocycles. The van der Waals surface area contributed by atoms with Crippen molar-refractivity contribution in [3.63, 3.8) is 0 Å². The van der Waals surface area contributed by atoms with Crippen LogP contribution in [-0.2, 0) is 6.42 Å². The molecule has 112 valence electrons. The summed E-state index contributed by atoms with van der Waals surface area (Å²) in [5, 5.41) is 2.48. The molecule has 0 aliphatic heterocycles. The highest BCUT2D eigenvalue weighted by molar-refractivity contribution is 5.93. The molecule has 0 saturated heterocycles. The van der Waals surface area contributed by atoms with Gasteiger partial charge in [-0.05, 0) is 29.2 Å². The number of hydrogen-bond donors (Lipinski definition) is 0. The summed E-state index contributed by atoms with van der Waals surface area (Å²) in [6, 6.07) is 12.4. The molecule has 0 aromatic heterocycles. The Kier molecular flexibility index (Phi) is 6.46. The highest BCUT2D eigenvalue weighted by Crippen LogP contribution is 2.24. The predicted octanol–water partition coefficient (Wildman–Crippen LogP) is 5.95. The molecule has 21 heavy (non-hydrogen) atoms. The number of unbranched alkanes of at least 4 members (excludes halogenated alkanes) is 6. The molecule has 0 amide bonds. The Morgan fingerprint density at radius 3 is 2.33 bits per heavy atom. The van der Waals surface area contributed by atoms with Crippen molar-refractivity contribution in [2.75, 3.05) is 0 Å². The van der Waals surface area contributed by atoms with E-state index >= 15 is 0 Å². The van der Waals surface area contributed by atoms with E-state index in [0.29, 0.717) is 0 Å². The van der Waals surface area contributed by atoms with E-state index in [1.165, 1.54) is 61.3 Å². The number of aryl methyl sites for hydroxylation is 1. The van der Waals surface area contributed by atoms with Gasteiger partial charge in [-0.25, -0.2) is 0 Å². The van der Waals surface area contributed by atoms with Gasteiger partial charge >= 0.3 is 0 Å². The Bertz CT molecular complexity index is 571. The maximum Gasteiger partial charge on any atom is 0.150 e. The largest absolute Gasteiger partial charge is 0.298 e. The van der Waals surface area contributed by atoms with E-state index in [-0.39, 0.29) is 0 Å². The number of carbonyl (C=O) groups excluding carboxylic acids is 1. The summed E-state index contributed by atoms with van der Waals surface area (Å²) in [5.41, 5.74) is 2.09. The molecule has 0 bridgehead atoms. The minimum Gasteiger partial charge on any atom is -0.298 e. The minimum absolute atomic E-state index is 0.861. The molecule has 1 heteroatoms. The fourth-order valence-electron chi connectivity index (χ4n) is 3.00. The van der Waals surface area contributed by atoms with Gasteiger partial charge in [0.25, 0.3) is 0 Å². The van der Waals surface area contributed by atoms with Crippen LogP contribution in [0.2, 0.25) is 0 Å². The van der Waals surface area contributed by atoms with Gasteiger partial charge in [-0.1, -0.05) is 81.8 Å². The topological polar surface area (TPSA) is 17.1 Å². The quantitative estimate of drug-likeness (QED) is 0.410. The molecule has 0 saturated carbocycles. The molecule has 0 aliphatic carbocycles. The zero-order valence-corrected chi connectivity index (χ0v) is 13.1. The van der Waals surface area contributed by atoms with Gasteiger partial charge in [0.15, 0.2) is 0 Å². The lowest BCUT2D eigenvalue weighted by atomic mass is 9.95. The molecular weight excluding hydrogens is 256 g/mol. The van der Waals surface area contributed by atoms with Crippen LogP contribution in [0.1, 0.15) is 67.8 Å². The first-order valence-corrected chi connectivity index (χ1v) is 8.32. The smallest absolute Gasteiger partial charge is 0.150 e. The van der Waals surface area contributed by atoms with Gasteiger partial charge < -0.3 is 0 Å². The van der Waals surface area contributed by atoms with E-state index in [4.69, 9.17) is 0 Å². The molecule has 0 aliphatic rings. The summed E-state index contributed by atoms with van der Waals surface area (Å²) < 4.78 is 0. The second-order valence-corrected chi connectivity index (χ2v) is 5.84. The zero-order valence-electron chi connectivity index (χ0n) is 13.1. The Labute approximate surface area is 128 Å². The van der Waals surface area contributed by atoms with Crippen LogP contribution in [0.3, 0.4) is 0 Å². The van der Waals surface area contributed by atoms with Crippen molar-refractivity contribution in [3.8, 4) is 0 Å². The van der Waals surface area contributed by atoms with Crippen molar-refractivity contribution >= 4 is 17.1 Å². The summed E-state index contributed by atoms with van der Waals surface area (Å²) in [5.74, 6) is 0. The monoisotopic (exact) mass is 282 g/mol. The standard InChI is InChI=1S/C20H26O/c1-2-3-4-5-6-7-8-12-20-18(16-21)15-14-17-11-9-10-13-19(17)20/h9-11,13-16H,2-8,12H2,1H3. The second-order valence-electron chi connectivity index (χ2n) is 5.84. The van der Waals surface area contributed by atoms with E-state index in [9.17, 15) is 4.79 Å². The van der Waals surface area contributed by atoms with Crippen molar-refractivity contribution in [3.05, 3.63) is 47.5 Å². The highest BCUT2D eigenvalue weighted by Gasteiger charge is 2.06. The third-order valence-electron chi connectivity index (χ3n) is 4.23. The maximum atomic E-state index is 11.3. The Balaban J connectivity index is 1.95. The number of fused-ring (bicyclic) bond motifs is 1. The first-order valence-electron chi connectivity index (χ1n) is 8.32. The second kappa shape index (κ2) is 8.61. The molecule has 1 nitrogen and oxygen atoms in total. The van der Waals surface area contributed by atoms with Crippen molar-refractivity contribution < 1.29 is 4.79 Å². The average Bonchev–Trinajstić information content (AvgIpc) is 2.54. The summed E-state index contributed by atoms with van der Waals surface area (Å²) in [4.78, 5) is 11.3. The average molecular weight is 282 g/mol. The van der Waals surface area contributed by atoms with E-state index in [2.05, 4.69) is 31.2 Å². The molecule has 2 aromatic carbocycles. The third-order valence-corrected chi connectivity index (χ3v) is 4.23. The number of aldehydes is 1. The van der Waals surface area contributed by atoms with Crippen LogP contribution >= 0.6 is 0 Å². The summed E-state index contributed by atoms with van der Waals surface area (Å²) in [7, 11) is 0. The third kappa shape index (κ3) is 4.42. The Hall–Kier alpha value is -1.63. The number of hydrogen-bond acceptors (Lipinski definition) is 1. The fourth-order valence-corrected chi connectivity index (χ4v) is 3.00. The van der Waals surface area contributed by atoms with Gasteiger partial charge in [0, 0.05) is 5.56 Å². The van der Waals surface area contributed by atoms with Crippen LogP contribution in [0, 0.1) is 0 Å². The summed E-state index contributed by atoms with van der Waals surface area (Å²) >= 11 is 0. The molecule has 0 atom stereocenters. The van der Waals surface area contributed by atoms with Crippen LogP contribution in [-0.4, -0.2) is 6.29 Å². The first kappa shape index (κ1) is 15.8. The van der Waals surface area contributed by atoms with Crippen LogP contribution < -0.4 is 0 Å². The van der Waals surface area contributed by atoms with Gasteiger partial charge in [0.05, 0.1) is 0 Å². The van der Waals surface area contributed by atoms with Crippen LogP contribution in [0.25, 0.3) is 10.8 Å². The number of rotatable bonds is 9. The van der Waals surface area contributed by atoms with Crippen molar-refractivity contribution in [1.82, 2.24) is 0 Å². The molecule has 2 rings (SSSR count). The van der Waals surface area contributed by atoms with Crippen molar-refractivity contribution in [2.24, 2.45) is 0 Å². The van der Waals surface area contributed by atoms with Gasteiger partial charge in [0.2, 0.25) is 0 Å². The molecule has 0 radical (unpaired) electrons. The van der Waals surface area contributed by atoms with Gasteiger partial charge in [0.1, 0.15) is 6.29 Å². The molecule has 0 unspecified atom stereocenters. The lowest BCUT2D eigenvalue weighted by molar-refractivity contribution is 0.112. The molecule has 0 N–H and O–H groups in total. The van der Waals surface area contributed by atoms with E-state index in [1.54, 1.807) is 0 Å². The normalized spacial score (nSPS) is 10.9. The van der Waals surface area contributed by atoms with Crippen LogP contribution in [0.15, 0.2) is 36.4 Å². The van der Waals surface area contributed by atoms with Gasteiger partial charge in [-0.3, -0.25) is 4.79 Å². The Morgan fingerprint density at radius 1 is 0.857 bits per heavy atom. The fraction of sp³-hybridized carbons (Fsp3) is 0.450. The van der Waals surface area contributed by atoms with Crippen molar-refractivity contribution in [2.45, 2.75) is 58.3 Å². The minimum atomic E-state index is 0.861. The summed E-state index contributed by atoms with van der Waals surface area (Å²) in [6.45, 7) is 2.25. The van der Waals surface area contributed by atoms with Crippen molar-refractivity contribution in [1.29, 1.82) is 0 Å². The zero-order chi connectivity index (χ0) is 14.9. The lowest BCUT2D eigenvalue weighted by Crippen LogP contribution is -1.95. The van der Waals surface area contributed by atoms with E-state index in [0.717, 1.165) is 18.3 Å². The molecule has 0 spiro atoms. The lowest BCUT2D eigenvalue weighted by Gasteiger charge is -2.09. The number of carbonyl (C=O) groups is 1. The van der Waals surface area contributed by atoms with E-state index < -0.39 is 0 Å².